The maximum atomic E-state index is 11.5. The van der Waals surface area contributed by atoms with Gasteiger partial charge in [-0.2, -0.15) is 0 Å². The van der Waals surface area contributed by atoms with Gasteiger partial charge in [0.05, 0.1) is 5.75 Å². The zero-order valence-electron chi connectivity index (χ0n) is 19.1. The molecule has 2 rings (SSSR count). The van der Waals surface area contributed by atoms with Crippen molar-refractivity contribution in [1.29, 1.82) is 0 Å². The minimum atomic E-state index is -2.94. The number of hydrogen-bond donors (Lipinski definition) is 1. The highest BCUT2D eigenvalue weighted by Crippen LogP contribution is 2.21. The quantitative estimate of drug-likeness (QED) is 0.306. The molecule has 0 radical (unpaired) electrons. The van der Waals surface area contributed by atoms with Crippen LogP contribution < -0.4 is 5.32 Å². The highest BCUT2D eigenvalue weighted by Gasteiger charge is 2.23. The molecule has 172 valence electrons. The number of hydrogen-bond acceptors (Lipinski definition) is 4. The van der Waals surface area contributed by atoms with Gasteiger partial charge >= 0.3 is 0 Å². The first-order valence-corrected chi connectivity index (χ1v) is 12.6. The molecule has 0 saturated carbocycles. The highest BCUT2D eigenvalue weighted by molar-refractivity contribution is 14.0. The van der Waals surface area contributed by atoms with E-state index in [1.807, 2.05) is 0 Å². The molecule has 1 saturated heterocycles. The molecule has 6 nitrogen and oxygen atoms in total. The number of piperazine rings is 1. The van der Waals surface area contributed by atoms with E-state index in [4.69, 9.17) is 4.99 Å². The van der Waals surface area contributed by atoms with Gasteiger partial charge in [0, 0.05) is 52.1 Å². The molecule has 1 N–H and O–H groups in total. The second-order valence-corrected chi connectivity index (χ2v) is 11.2. The Morgan fingerprint density at radius 3 is 2.43 bits per heavy atom. The van der Waals surface area contributed by atoms with E-state index < -0.39 is 9.84 Å². The summed E-state index contributed by atoms with van der Waals surface area (Å²) in [7, 11) is -2.94. The topological polar surface area (TPSA) is 65.0 Å². The van der Waals surface area contributed by atoms with Gasteiger partial charge in [0.2, 0.25) is 0 Å². The van der Waals surface area contributed by atoms with E-state index >= 15 is 0 Å². The van der Waals surface area contributed by atoms with Gasteiger partial charge in [-0.1, -0.05) is 43.7 Å². The molecule has 0 spiro atoms. The van der Waals surface area contributed by atoms with Gasteiger partial charge in [0.25, 0.3) is 0 Å². The summed E-state index contributed by atoms with van der Waals surface area (Å²) in [6.07, 6.45) is 1.92. The normalized spacial score (nSPS) is 16.3. The Morgan fingerprint density at radius 2 is 1.87 bits per heavy atom. The van der Waals surface area contributed by atoms with Crippen LogP contribution in [0.4, 0.5) is 0 Å². The third-order valence-electron chi connectivity index (χ3n) is 5.30. The number of sulfone groups is 1. The molecule has 0 aliphatic carbocycles. The number of rotatable bonds is 8. The van der Waals surface area contributed by atoms with Gasteiger partial charge in [-0.15, -0.1) is 24.0 Å². The summed E-state index contributed by atoms with van der Waals surface area (Å²) in [4.78, 5) is 9.66. The number of aryl methyl sites for hydroxylation is 1. The zero-order valence-corrected chi connectivity index (χ0v) is 22.3. The third-order valence-corrected chi connectivity index (χ3v) is 6.25. The lowest BCUT2D eigenvalue weighted by molar-refractivity contribution is 0.172. The Hall–Kier alpha value is -0.870. The van der Waals surface area contributed by atoms with Crippen molar-refractivity contribution in [2.75, 3.05) is 51.3 Å². The number of nitrogens with one attached hydrogen (secondary N) is 1. The molecule has 1 aromatic rings. The summed E-state index contributed by atoms with van der Waals surface area (Å²) in [6.45, 7) is 14.7. The molecule has 0 amide bonds. The van der Waals surface area contributed by atoms with E-state index in [1.165, 1.54) is 17.4 Å². The van der Waals surface area contributed by atoms with Crippen LogP contribution in [0.3, 0.4) is 0 Å². The summed E-state index contributed by atoms with van der Waals surface area (Å²) in [5, 5.41) is 3.41. The predicted octanol–water partition coefficient (Wildman–Crippen LogP) is 3.16. The first-order valence-electron chi connectivity index (χ1n) is 10.6. The second-order valence-electron chi connectivity index (χ2n) is 8.97. The van der Waals surface area contributed by atoms with Crippen LogP contribution in [-0.2, 0) is 16.4 Å². The number of aliphatic imine (C=N–C) groups is 1. The van der Waals surface area contributed by atoms with Crippen molar-refractivity contribution < 1.29 is 8.42 Å². The summed E-state index contributed by atoms with van der Waals surface area (Å²) >= 11 is 0. The largest absolute Gasteiger partial charge is 0.357 e. The van der Waals surface area contributed by atoms with Crippen molar-refractivity contribution in [3.63, 3.8) is 0 Å². The van der Waals surface area contributed by atoms with Crippen LogP contribution in [0.15, 0.2) is 29.3 Å². The summed E-state index contributed by atoms with van der Waals surface area (Å²) in [6, 6.07) is 8.72. The monoisotopic (exact) mass is 550 g/mol. The molecule has 0 bridgehead atoms. The molecule has 1 aliphatic rings. The fourth-order valence-electron chi connectivity index (χ4n) is 3.44. The van der Waals surface area contributed by atoms with Gasteiger partial charge in [-0.05, 0) is 31.2 Å². The first kappa shape index (κ1) is 27.2. The molecule has 0 aromatic heterocycles. The van der Waals surface area contributed by atoms with Crippen molar-refractivity contribution in [2.24, 2.45) is 10.4 Å². The minimum Gasteiger partial charge on any atom is -0.357 e. The Bertz CT molecular complexity index is 788. The molecule has 1 fully saturated rings. The van der Waals surface area contributed by atoms with Crippen molar-refractivity contribution in [2.45, 2.75) is 40.7 Å². The lowest BCUT2D eigenvalue weighted by atomic mass is 9.90. The SMILES string of the molecule is CCNC(=NCC(C)(C)CCS(C)(=O)=O)N1CCN(Cc2cccc(C)c2)CC1.I. The fourth-order valence-corrected chi connectivity index (χ4v) is 4.37. The van der Waals surface area contributed by atoms with Crippen molar-refractivity contribution in [3.05, 3.63) is 35.4 Å². The predicted molar refractivity (Wildman–Crippen MR) is 138 cm³/mol. The van der Waals surface area contributed by atoms with Crippen LogP contribution in [0.25, 0.3) is 0 Å². The molecule has 30 heavy (non-hydrogen) atoms. The highest BCUT2D eigenvalue weighted by atomic mass is 127. The number of nitrogens with zero attached hydrogens (tertiary/aromatic N) is 3. The van der Waals surface area contributed by atoms with E-state index in [-0.39, 0.29) is 35.1 Å². The van der Waals surface area contributed by atoms with Crippen LogP contribution in [0.2, 0.25) is 0 Å². The summed E-state index contributed by atoms with van der Waals surface area (Å²) in [5.41, 5.74) is 2.53. The Balaban J connectivity index is 0.00000450. The van der Waals surface area contributed by atoms with Crippen molar-refractivity contribution >= 4 is 39.8 Å². The number of benzene rings is 1. The molecule has 0 atom stereocenters. The maximum absolute atomic E-state index is 11.5. The third kappa shape index (κ3) is 9.96. The molecule has 8 heteroatoms. The van der Waals surface area contributed by atoms with Crippen LogP contribution in [0.1, 0.15) is 38.3 Å². The Morgan fingerprint density at radius 1 is 1.20 bits per heavy atom. The van der Waals surface area contributed by atoms with Gasteiger partial charge in [0.15, 0.2) is 5.96 Å². The zero-order chi connectivity index (χ0) is 21.5. The average molecular weight is 551 g/mol. The van der Waals surface area contributed by atoms with Gasteiger partial charge in [0.1, 0.15) is 9.84 Å². The first-order chi connectivity index (χ1) is 13.6. The Labute approximate surface area is 200 Å². The summed E-state index contributed by atoms with van der Waals surface area (Å²) < 4.78 is 23.0. The van der Waals surface area contributed by atoms with Crippen LogP contribution in [-0.4, -0.2) is 75.5 Å². The lowest BCUT2D eigenvalue weighted by Gasteiger charge is -2.37. The standard InChI is InChI=1S/C22H38N4O2S.HI/c1-6-23-21(24-18-22(3,4)10-15-29(5,27)28)26-13-11-25(12-14-26)17-20-9-7-8-19(2)16-20;/h7-9,16H,6,10-15,17-18H2,1-5H3,(H,23,24);1H. The summed E-state index contributed by atoms with van der Waals surface area (Å²) in [5.74, 6) is 1.15. The number of guanidine groups is 1. The Kier molecular flexibility index (Phi) is 11.1. The molecule has 0 unspecified atom stereocenters. The van der Waals surface area contributed by atoms with Gasteiger partial charge in [-0.3, -0.25) is 9.89 Å². The molecule has 1 heterocycles. The maximum Gasteiger partial charge on any atom is 0.194 e. The molecule has 1 aliphatic heterocycles. The van der Waals surface area contributed by atoms with E-state index in [1.54, 1.807) is 0 Å². The average Bonchev–Trinajstić information content (AvgIpc) is 2.64. The molecule has 1 aromatic carbocycles. The smallest absolute Gasteiger partial charge is 0.194 e. The fraction of sp³-hybridized carbons (Fsp3) is 0.682. The van der Waals surface area contributed by atoms with Crippen molar-refractivity contribution in [3.8, 4) is 0 Å². The van der Waals surface area contributed by atoms with E-state index in [9.17, 15) is 8.42 Å². The number of halogens is 1. The van der Waals surface area contributed by atoms with Crippen molar-refractivity contribution in [1.82, 2.24) is 15.1 Å². The molecular formula is C22H39IN4O2S. The molecular weight excluding hydrogens is 511 g/mol. The van der Waals surface area contributed by atoms with E-state index in [2.05, 4.69) is 67.1 Å². The van der Waals surface area contributed by atoms with E-state index in [0.29, 0.717) is 13.0 Å². The van der Waals surface area contributed by atoms with Gasteiger partial charge < -0.3 is 10.2 Å². The van der Waals surface area contributed by atoms with E-state index in [0.717, 1.165) is 45.2 Å². The van der Waals surface area contributed by atoms with Crippen LogP contribution in [0.5, 0.6) is 0 Å². The van der Waals surface area contributed by atoms with Crippen LogP contribution >= 0.6 is 24.0 Å². The van der Waals surface area contributed by atoms with Gasteiger partial charge in [-0.25, -0.2) is 8.42 Å². The second kappa shape index (κ2) is 12.2. The minimum absolute atomic E-state index is 0. The van der Waals surface area contributed by atoms with Crippen LogP contribution in [0, 0.1) is 12.3 Å². The lowest BCUT2D eigenvalue weighted by Crippen LogP contribution is -2.52.